The normalized spacial score (nSPS) is 11.1. The van der Waals surface area contributed by atoms with Gasteiger partial charge in [-0.3, -0.25) is 0 Å². The zero-order valence-corrected chi connectivity index (χ0v) is 9.86. The molecule has 0 radical (unpaired) electrons. The van der Waals surface area contributed by atoms with Crippen molar-refractivity contribution >= 4 is 11.6 Å². The molecule has 1 heteroatoms. The summed E-state index contributed by atoms with van der Waals surface area (Å²) in [4.78, 5) is 0. The highest BCUT2D eigenvalue weighted by molar-refractivity contribution is 6.31. The van der Waals surface area contributed by atoms with E-state index < -0.39 is 0 Å². The highest BCUT2D eigenvalue weighted by atomic mass is 35.5. The second-order valence-corrected chi connectivity index (χ2v) is 4.04. The smallest absolute Gasteiger partial charge is 0.0440 e. The molecule has 0 heterocycles. The molecule has 0 saturated carbocycles. The molecular weight excluding hydrogens is 192 g/mol. The number of allylic oxidation sites excluding steroid dienone is 2. The summed E-state index contributed by atoms with van der Waals surface area (Å²) in [7, 11) is 0. The van der Waals surface area contributed by atoms with E-state index in [0.29, 0.717) is 0 Å². The maximum absolute atomic E-state index is 6.16. The van der Waals surface area contributed by atoms with Crippen LogP contribution >= 0.6 is 11.6 Å². The summed E-state index contributed by atoms with van der Waals surface area (Å²) < 4.78 is 0. The van der Waals surface area contributed by atoms with E-state index in [9.17, 15) is 0 Å². The summed E-state index contributed by atoms with van der Waals surface area (Å²) in [6.07, 6.45) is 6.35. The van der Waals surface area contributed by atoms with E-state index in [1.807, 2.05) is 6.92 Å². The van der Waals surface area contributed by atoms with Gasteiger partial charge in [0.1, 0.15) is 0 Å². The monoisotopic (exact) mass is 208 g/mol. The number of rotatable bonds is 3. The van der Waals surface area contributed by atoms with E-state index in [-0.39, 0.29) is 0 Å². The molecule has 0 N–H and O–H groups in total. The molecule has 0 bridgehead atoms. The maximum Gasteiger partial charge on any atom is 0.0440 e. The Labute approximate surface area is 91.6 Å². The number of hydrogen-bond acceptors (Lipinski definition) is 0. The van der Waals surface area contributed by atoms with Gasteiger partial charge in [0, 0.05) is 5.02 Å². The van der Waals surface area contributed by atoms with Gasteiger partial charge in [-0.2, -0.15) is 0 Å². The summed E-state index contributed by atoms with van der Waals surface area (Å²) in [6, 6.07) is 4.25. The Bertz CT molecular complexity index is 337. The molecule has 76 valence electrons. The third kappa shape index (κ3) is 2.88. The molecule has 0 amide bonds. The average molecular weight is 209 g/mol. The lowest BCUT2D eigenvalue weighted by molar-refractivity contribution is 0.994. The van der Waals surface area contributed by atoms with Crippen LogP contribution < -0.4 is 0 Å². The summed E-state index contributed by atoms with van der Waals surface area (Å²) >= 11 is 6.16. The molecule has 0 fully saturated rings. The van der Waals surface area contributed by atoms with Crippen molar-refractivity contribution in [3.05, 3.63) is 46.0 Å². The van der Waals surface area contributed by atoms with Crippen molar-refractivity contribution in [2.24, 2.45) is 0 Å². The van der Waals surface area contributed by atoms with Crippen molar-refractivity contribution in [1.29, 1.82) is 0 Å². The molecule has 0 aliphatic heterocycles. The van der Waals surface area contributed by atoms with Crippen LogP contribution in [0, 0.1) is 13.8 Å². The molecule has 14 heavy (non-hydrogen) atoms. The summed E-state index contributed by atoms with van der Waals surface area (Å²) in [6.45, 7) is 6.27. The Kier molecular flexibility index (Phi) is 4.21. The van der Waals surface area contributed by atoms with Crippen molar-refractivity contribution in [2.45, 2.75) is 33.6 Å². The van der Waals surface area contributed by atoms with Gasteiger partial charge in [-0.1, -0.05) is 29.8 Å². The Morgan fingerprint density at radius 1 is 1.21 bits per heavy atom. The van der Waals surface area contributed by atoms with Crippen molar-refractivity contribution < 1.29 is 0 Å². The quantitative estimate of drug-likeness (QED) is 0.644. The Morgan fingerprint density at radius 2 is 1.86 bits per heavy atom. The zero-order chi connectivity index (χ0) is 10.6. The zero-order valence-electron chi connectivity index (χ0n) is 9.10. The summed E-state index contributed by atoms with van der Waals surface area (Å²) in [5, 5.41) is 0.901. The first-order valence-electron chi connectivity index (χ1n) is 5.02. The third-order valence-electron chi connectivity index (χ3n) is 2.48. The molecule has 0 aliphatic carbocycles. The lowest BCUT2D eigenvalue weighted by Crippen LogP contribution is -1.89. The van der Waals surface area contributed by atoms with Gasteiger partial charge in [-0.15, -0.1) is 0 Å². The lowest BCUT2D eigenvalue weighted by atomic mass is 10.0. The minimum absolute atomic E-state index is 0.901. The van der Waals surface area contributed by atoms with Crippen LogP contribution in [0.4, 0.5) is 0 Å². The van der Waals surface area contributed by atoms with Gasteiger partial charge in [0.15, 0.2) is 0 Å². The fourth-order valence-electron chi connectivity index (χ4n) is 1.44. The van der Waals surface area contributed by atoms with E-state index in [1.165, 1.54) is 16.7 Å². The topological polar surface area (TPSA) is 0 Å². The highest BCUT2D eigenvalue weighted by Crippen LogP contribution is 2.22. The number of benzene rings is 1. The van der Waals surface area contributed by atoms with Crippen molar-refractivity contribution in [3.63, 3.8) is 0 Å². The number of halogens is 1. The number of aryl methyl sites for hydroxylation is 3. The maximum atomic E-state index is 6.16. The van der Waals surface area contributed by atoms with Crippen LogP contribution in [0.5, 0.6) is 0 Å². The lowest BCUT2D eigenvalue weighted by Gasteiger charge is -2.06. The van der Waals surface area contributed by atoms with Crippen LogP contribution in [0.25, 0.3) is 0 Å². The highest BCUT2D eigenvalue weighted by Gasteiger charge is 2.02. The first-order chi connectivity index (χ1) is 6.65. The predicted molar refractivity (Wildman–Crippen MR) is 64.1 cm³/mol. The summed E-state index contributed by atoms with van der Waals surface area (Å²) in [5.41, 5.74) is 3.85. The fourth-order valence-corrected chi connectivity index (χ4v) is 1.75. The Hall–Kier alpha value is -0.750. The molecule has 0 saturated heterocycles. The second kappa shape index (κ2) is 5.21. The minimum atomic E-state index is 0.901. The van der Waals surface area contributed by atoms with Gasteiger partial charge >= 0.3 is 0 Å². The summed E-state index contributed by atoms with van der Waals surface area (Å²) in [5.74, 6) is 0. The van der Waals surface area contributed by atoms with Crippen LogP contribution in [-0.2, 0) is 6.42 Å². The molecule has 0 atom stereocenters. The van der Waals surface area contributed by atoms with Crippen LogP contribution in [0.1, 0.15) is 30.0 Å². The Balaban J connectivity index is 2.81. The molecule has 1 aromatic carbocycles. The Morgan fingerprint density at radius 3 is 2.50 bits per heavy atom. The van der Waals surface area contributed by atoms with Crippen molar-refractivity contribution in [3.8, 4) is 0 Å². The SMILES string of the molecule is C/C=C\CCc1cc(C)c(C)cc1Cl. The van der Waals surface area contributed by atoms with Gasteiger partial charge in [-0.05, 0) is 56.4 Å². The van der Waals surface area contributed by atoms with Gasteiger partial charge in [0.05, 0.1) is 0 Å². The molecule has 0 spiro atoms. The first kappa shape index (κ1) is 11.3. The average Bonchev–Trinajstić information content (AvgIpc) is 2.14. The third-order valence-corrected chi connectivity index (χ3v) is 2.83. The molecule has 0 nitrogen and oxygen atoms in total. The van der Waals surface area contributed by atoms with Crippen LogP contribution in [-0.4, -0.2) is 0 Å². The van der Waals surface area contributed by atoms with Gasteiger partial charge < -0.3 is 0 Å². The van der Waals surface area contributed by atoms with E-state index in [0.717, 1.165) is 17.9 Å². The van der Waals surface area contributed by atoms with Gasteiger partial charge in [0.2, 0.25) is 0 Å². The van der Waals surface area contributed by atoms with Crippen molar-refractivity contribution in [2.75, 3.05) is 0 Å². The van der Waals surface area contributed by atoms with E-state index >= 15 is 0 Å². The standard InChI is InChI=1S/C13H17Cl/c1-4-5-6-7-12-8-10(2)11(3)9-13(12)14/h4-5,8-9H,6-7H2,1-3H3/b5-4-. The van der Waals surface area contributed by atoms with Crippen molar-refractivity contribution in [1.82, 2.24) is 0 Å². The van der Waals surface area contributed by atoms with E-state index in [4.69, 9.17) is 11.6 Å². The van der Waals surface area contributed by atoms with E-state index in [1.54, 1.807) is 0 Å². The molecule has 0 aliphatic rings. The molecule has 1 aromatic rings. The van der Waals surface area contributed by atoms with Gasteiger partial charge in [0.25, 0.3) is 0 Å². The van der Waals surface area contributed by atoms with Crippen LogP contribution in [0.15, 0.2) is 24.3 Å². The molecule has 0 unspecified atom stereocenters. The van der Waals surface area contributed by atoms with Gasteiger partial charge in [-0.25, -0.2) is 0 Å². The van der Waals surface area contributed by atoms with Crippen LogP contribution in [0.3, 0.4) is 0 Å². The molecule has 0 aromatic heterocycles. The predicted octanol–water partition coefficient (Wildman–Crippen LogP) is 4.47. The minimum Gasteiger partial charge on any atom is -0.0917 e. The first-order valence-corrected chi connectivity index (χ1v) is 5.39. The second-order valence-electron chi connectivity index (χ2n) is 3.64. The number of hydrogen-bond donors (Lipinski definition) is 0. The fraction of sp³-hybridized carbons (Fsp3) is 0.385. The van der Waals surface area contributed by atoms with Crippen LogP contribution in [0.2, 0.25) is 5.02 Å². The molecule has 1 rings (SSSR count). The van der Waals surface area contributed by atoms with E-state index in [2.05, 4.69) is 38.1 Å². The largest absolute Gasteiger partial charge is 0.0917 e. The molecular formula is C13H17Cl.